The van der Waals surface area contributed by atoms with Gasteiger partial charge in [0.05, 0.1) is 7.11 Å². The van der Waals surface area contributed by atoms with Crippen molar-refractivity contribution in [2.45, 2.75) is 51.3 Å². The molecule has 1 fully saturated rings. The van der Waals surface area contributed by atoms with Crippen LogP contribution in [0.2, 0.25) is 0 Å². The summed E-state index contributed by atoms with van der Waals surface area (Å²) >= 11 is 0. The highest BCUT2D eigenvalue weighted by Crippen LogP contribution is 2.24. The normalized spacial score (nSPS) is 15.5. The molecule has 4 rings (SSSR count). The van der Waals surface area contributed by atoms with Gasteiger partial charge < -0.3 is 20.1 Å². The number of methoxy groups -OCH3 is 1. The van der Waals surface area contributed by atoms with Crippen molar-refractivity contribution in [1.82, 2.24) is 10.2 Å². The van der Waals surface area contributed by atoms with E-state index >= 15 is 0 Å². The summed E-state index contributed by atoms with van der Waals surface area (Å²) in [5, 5.41) is 5.79. The number of benzene rings is 3. The lowest BCUT2D eigenvalue weighted by molar-refractivity contribution is -0.129. The first-order chi connectivity index (χ1) is 18.9. The van der Waals surface area contributed by atoms with E-state index in [1.165, 1.54) is 4.90 Å². The van der Waals surface area contributed by atoms with Crippen LogP contribution in [0.15, 0.2) is 78.9 Å². The molecule has 8 heteroatoms. The maximum Gasteiger partial charge on any atom is 0.410 e. The number of hydrogen-bond acceptors (Lipinski definition) is 5. The highest BCUT2D eigenvalue weighted by molar-refractivity contribution is 5.99. The van der Waals surface area contributed by atoms with Crippen molar-refractivity contribution >= 4 is 23.6 Å². The van der Waals surface area contributed by atoms with Crippen LogP contribution in [0.25, 0.3) is 0 Å². The highest BCUT2D eigenvalue weighted by Gasteiger charge is 2.37. The molecule has 1 aliphatic rings. The van der Waals surface area contributed by atoms with Gasteiger partial charge in [0.2, 0.25) is 5.91 Å². The van der Waals surface area contributed by atoms with Crippen LogP contribution in [0.3, 0.4) is 0 Å². The SMILES string of the molecule is COc1ccc([C@@H](NC(=O)[C@@H]2CCCN2C(=O)OCc2ccccc2)C(=O)Nc2ccc(C(C)C)cc2)cc1. The first-order valence-corrected chi connectivity index (χ1v) is 13.2. The van der Waals surface area contributed by atoms with Crippen molar-refractivity contribution in [3.8, 4) is 5.75 Å². The molecule has 8 nitrogen and oxygen atoms in total. The van der Waals surface area contributed by atoms with Gasteiger partial charge in [-0.2, -0.15) is 0 Å². The molecule has 3 amide bonds. The summed E-state index contributed by atoms with van der Waals surface area (Å²) in [6.07, 6.45) is 0.604. The smallest absolute Gasteiger partial charge is 0.410 e. The van der Waals surface area contributed by atoms with Gasteiger partial charge in [0.15, 0.2) is 0 Å². The topological polar surface area (TPSA) is 97.0 Å². The lowest BCUT2D eigenvalue weighted by atomic mass is 10.0. The van der Waals surface area contributed by atoms with Gasteiger partial charge in [-0.05, 0) is 59.7 Å². The second kappa shape index (κ2) is 13.0. The molecule has 3 aromatic carbocycles. The minimum absolute atomic E-state index is 0.122. The molecule has 0 radical (unpaired) electrons. The van der Waals surface area contributed by atoms with Gasteiger partial charge in [-0.3, -0.25) is 14.5 Å². The van der Waals surface area contributed by atoms with Crippen molar-refractivity contribution < 1.29 is 23.9 Å². The average Bonchev–Trinajstić information content (AvgIpc) is 3.46. The van der Waals surface area contributed by atoms with Crippen molar-refractivity contribution in [3.63, 3.8) is 0 Å². The Kier molecular flexibility index (Phi) is 9.20. The maximum absolute atomic E-state index is 13.5. The van der Waals surface area contributed by atoms with Crippen LogP contribution < -0.4 is 15.4 Å². The Bertz CT molecular complexity index is 1260. The molecule has 1 heterocycles. The van der Waals surface area contributed by atoms with Crippen LogP contribution in [-0.2, 0) is 20.9 Å². The van der Waals surface area contributed by atoms with Gasteiger partial charge in [0.1, 0.15) is 24.4 Å². The van der Waals surface area contributed by atoms with E-state index in [9.17, 15) is 14.4 Å². The predicted octanol–water partition coefficient (Wildman–Crippen LogP) is 5.42. The largest absolute Gasteiger partial charge is 0.497 e. The zero-order chi connectivity index (χ0) is 27.8. The van der Waals surface area contributed by atoms with Gasteiger partial charge in [-0.1, -0.05) is 68.4 Å². The average molecular weight is 530 g/mol. The summed E-state index contributed by atoms with van der Waals surface area (Å²) in [7, 11) is 1.56. The first-order valence-electron chi connectivity index (χ1n) is 13.2. The molecule has 2 atom stereocenters. The second-order valence-electron chi connectivity index (χ2n) is 9.87. The van der Waals surface area contributed by atoms with E-state index in [1.807, 2.05) is 54.6 Å². The van der Waals surface area contributed by atoms with Gasteiger partial charge in [-0.25, -0.2) is 4.79 Å². The van der Waals surface area contributed by atoms with Crippen LogP contribution in [0.1, 0.15) is 55.3 Å². The van der Waals surface area contributed by atoms with Crippen LogP contribution in [0.4, 0.5) is 10.5 Å². The molecule has 0 saturated carbocycles. The lowest BCUT2D eigenvalue weighted by Crippen LogP contribution is -2.48. The number of nitrogens with zero attached hydrogens (tertiary/aromatic N) is 1. The Hall–Kier alpha value is -4.33. The second-order valence-corrected chi connectivity index (χ2v) is 9.87. The minimum Gasteiger partial charge on any atom is -0.497 e. The fourth-order valence-corrected chi connectivity index (χ4v) is 4.56. The molecule has 1 aliphatic heterocycles. The van der Waals surface area contributed by atoms with Gasteiger partial charge in [-0.15, -0.1) is 0 Å². The zero-order valence-corrected chi connectivity index (χ0v) is 22.6. The molecule has 0 aromatic heterocycles. The van der Waals surface area contributed by atoms with E-state index in [1.54, 1.807) is 31.4 Å². The quantitative estimate of drug-likeness (QED) is 0.386. The van der Waals surface area contributed by atoms with Crippen LogP contribution >= 0.6 is 0 Å². The number of ether oxygens (including phenoxy) is 2. The van der Waals surface area contributed by atoms with E-state index in [0.717, 1.165) is 11.1 Å². The Morgan fingerprint density at radius 3 is 2.23 bits per heavy atom. The fraction of sp³-hybridized carbons (Fsp3) is 0.323. The summed E-state index contributed by atoms with van der Waals surface area (Å²) in [6.45, 7) is 4.74. The number of carbonyl (C=O) groups is 3. The number of nitrogens with one attached hydrogen (secondary N) is 2. The molecule has 0 unspecified atom stereocenters. The molecule has 3 aromatic rings. The van der Waals surface area contributed by atoms with Crippen LogP contribution in [-0.4, -0.2) is 42.5 Å². The molecule has 204 valence electrons. The van der Waals surface area contributed by atoms with Crippen molar-refractivity contribution in [3.05, 3.63) is 95.6 Å². The zero-order valence-electron chi connectivity index (χ0n) is 22.6. The Balaban J connectivity index is 1.48. The van der Waals surface area contributed by atoms with Crippen molar-refractivity contribution in [2.75, 3.05) is 19.0 Å². The summed E-state index contributed by atoms with van der Waals surface area (Å²) in [5.74, 6) is 0.212. The standard InChI is InChI=1S/C31H35N3O5/c1-21(2)23-11-15-25(16-12-23)32-30(36)28(24-13-17-26(38-3)18-14-24)33-29(35)27-10-7-19-34(27)31(37)39-20-22-8-5-4-6-9-22/h4-6,8-9,11-18,21,27-28H,7,10,19-20H2,1-3H3,(H,32,36)(H,33,35)/t27-,28+/m0/s1. The van der Waals surface area contributed by atoms with Gasteiger partial charge >= 0.3 is 6.09 Å². The van der Waals surface area contributed by atoms with E-state index < -0.39 is 24.1 Å². The molecule has 0 bridgehead atoms. The molecule has 0 spiro atoms. The summed E-state index contributed by atoms with van der Waals surface area (Å²) in [4.78, 5) is 41.2. The van der Waals surface area contributed by atoms with E-state index in [2.05, 4.69) is 24.5 Å². The summed E-state index contributed by atoms with van der Waals surface area (Å²) in [6, 6.07) is 22.3. The molecular weight excluding hydrogens is 494 g/mol. The number of carbonyl (C=O) groups excluding carboxylic acids is 3. The third kappa shape index (κ3) is 7.16. The number of rotatable bonds is 9. The highest BCUT2D eigenvalue weighted by atomic mass is 16.6. The molecular formula is C31H35N3O5. The van der Waals surface area contributed by atoms with Crippen molar-refractivity contribution in [1.29, 1.82) is 0 Å². The number of likely N-dealkylation sites (tertiary alicyclic amines) is 1. The van der Waals surface area contributed by atoms with Crippen molar-refractivity contribution in [2.24, 2.45) is 0 Å². The maximum atomic E-state index is 13.5. The van der Waals surface area contributed by atoms with Gasteiger partial charge in [0.25, 0.3) is 5.91 Å². The van der Waals surface area contributed by atoms with Crippen LogP contribution in [0, 0.1) is 0 Å². The van der Waals surface area contributed by atoms with Gasteiger partial charge in [0, 0.05) is 12.2 Å². The predicted molar refractivity (Wildman–Crippen MR) is 149 cm³/mol. The van der Waals surface area contributed by atoms with E-state index in [4.69, 9.17) is 9.47 Å². The molecule has 39 heavy (non-hydrogen) atoms. The Morgan fingerprint density at radius 1 is 0.923 bits per heavy atom. The number of anilines is 1. The lowest BCUT2D eigenvalue weighted by Gasteiger charge is -2.26. The Morgan fingerprint density at radius 2 is 1.59 bits per heavy atom. The molecule has 2 N–H and O–H groups in total. The fourth-order valence-electron chi connectivity index (χ4n) is 4.56. The Labute approximate surface area is 229 Å². The third-order valence-corrected chi connectivity index (χ3v) is 6.84. The number of hydrogen-bond donors (Lipinski definition) is 2. The monoisotopic (exact) mass is 529 g/mol. The van der Waals surface area contributed by atoms with Crippen LogP contribution in [0.5, 0.6) is 5.75 Å². The molecule has 1 saturated heterocycles. The molecule has 0 aliphatic carbocycles. The summed E-state index contributed by atoms with van der Waals surface area (Å²) < 4.78 is 10.7. The first kappa shape index (κ1) is 27.7. The third-order valence-electron chi connectivity index (χ3n) is 6.84. The minimum atomic E-state index is -0.976. The summed E-state index contributed by atoms with van der Waals surface area (Å²) in [5.41, 5.74) is 3.25. The number of amides is 3. The van der Waals surface area contributed by atoms with E-state index in [0.29, 0.717) is 42.3 Å². The van der Waals surface area contributed by atoms with E-state index in [-0.39, 0.29) is 12.5 Å².